The fourth-order valence-electron chi connectivity index (χ4n) is 3.49. The van der Waals surface area contributed by atoms with E-state index in [1.54, 1.807) is 37.3 Å². The van der Waals surface area contributed by atoms with Crippen LogP contribution in [-0.4, -0.2) is 28.6 Å². The molecule has 1 heterocycles. The van der Waals surface area contributed by atoms with Gasteiger partial charge >= 0.3 is 6.09 Å². The molecule has 0 spiro atoms. The van der Waals surface area contributed by atoms with Crippen molar-refractivity contribution in [1.82, 2.24) is 5.32 Å². The van der Waals surface area contributed by atoms with Gasteiger partial charge in [0.2, 0.25) is 5.91 Å². The van der Waals surface area contributed by atoms with Gasteiger partial charge in [-0.1, -0.05) is 36.4 Å². The Morgan fingerprint density at radius 1 is 1.26 bits per heavy atom. The molecule has 2 N–H and O–H groups in total. The van der Waals surface area contributed by atoms with Crippen LogP contribution in [0.1, 0.15) is 24.0 Å². The number of carbonyl (C=O) groups is 2. The summed E-state index contributed by atoms with van der Waals surface area (Å²) in [7, 11) is 0. The van der Waals surface area contributed by atoms with Crippen molar-refractivity contribution < 1.29 is 19.6 Å². The molecule has 0 saturated carbocycles. The van der Waals surface area contributed by atoms with Crippen LogP contribution in [0.4, 0.5) is 16.2 Å². The van der Waals surface area contributed by atoms with Crippen LogP contribution in [0.3, 0.4) is 0 Å². The Morgan fingerprint density at radius 3 is 2.59 bits per heavy atom. The lowest BCUT2D eigenvalue weighted by atomic mass is 9.81. The zero-order valence-corrected chi connectivity index (χ0v) is 14.7. The number of amides is 2. The van der Waals surface area contributed by atoms with Crippen molar-refractivity contribution in [3.05, 3.63) is 69.8 Å². The predicted octanol–water partition coefficient (Wildman–Crippen LogP) is 3.19. The van der Waals surface area contributed by atoms with E-state index in [0.29, 0.717) is 11.1 Å². The molecule has 2 aromatic rings. The summed E-state index contributed by atoms with van der Waals surface area (Å²) in [5.41, 5.74) is 0.359. The van der Waals surface area contributed by atoms with Crippen LogP contribution < -0.4 is 10.2 Å². The van der Waals surface area contributed by atoms with Crippen LogP contribution in [0.25, 0.3) is 0 Å². The fraction of sp³-hybridized carbons (Fsp3) is 0.263. The van der Waals surface area contributed by atoms with E-state index in [1.807, 2.05) is 6.07 Å². The predicted molar refractivity (Wildman–Crippen MR) is 98.7 cm³/mol. The van der Waals surface area contributed by atoms with Crippen LogP contribution in [0.5, 0.6) is 0 Å². The number of carboxylic acid groups (broad SMARTS) is 1. The molecule has 0 aliphatic carbocycles. The smallest absolute Gasteiger partial charge is 0.405 e. The summed E-state index contributed by atoms with van der Waals surface area (Å²) in [6.45, 7) is 1.71. The van der Waals surface area contributed by atoms with E-state index in [0.717, 1.165) is 0 Å². The second-order valence-corrected chi connectivity index (χ2v) is 6.61. The van der Waals surface area contributed by atoms with Crippen LogP contribution >= 0.6 is 0 Å². The Labute approximate surface area is 155 Å². The van der Waals surface area contributed by atoms with Crippen molar-refractivity contribution in [1.29, 1.82) is 0 Å². The van der Waals surface area contributed by atoms with E-state index in [9.17, 15) is 24.8 Å². The molecule has 8 heteroatoms. The summed E-state index contributed by atoms with van der Waals surface area (Å²) < 4.78 is 0. The molecule has 27 heavy (non-hydrogen) atoms. The molecule has 1 saturated heterocycles. The molecular formula is C19H19N3O5. The molecule has 8 nitrogen and oxygen atoms in total. The third-order valence-electron chi connectivity index (χ3n) is 4.79. The number of benzene rings is 2. The van der Waals surface area contributed by atoms with Gasteiger partial charge in [0, 0.05) is 12.5 Å². The van der Waals surface area contributed by atoms with Gasteiger partial charge in [0.1, 0.15) is 5.69 Å². The SMILES string of the molecule is Cc1ccc(N2CC(NC(=O)O)(c3ccccc3)CCC2=O)c([N+](=O)[O-])c1. The largest absolute Gasteiger partial charge is 0.465 e. The third kappa shape index (κ3) is 3.59. The van der Waals surface area contributed by atoms with Crippen molar-refractivity contribution >= 4 is 23.4 Å². The van der Waals surface area contributed by atoms with Gasteiger partial charge in [-0.25, -0.2) is 4.79 Å². The maximum Gasteiger partial charge on any atom is 0.405 e. The van der Waals surface area contributed by atoms with Crippen LogP contribution in [-0.2, 0) is 10.3 Å². The van der Waals surface area contributed by atoms with Crippen molar-refractivity contribution in [2.75, 3.05) is 11.4 Å². The first kappa shape index (κ1) is 18.4. The van der Waals surface area contributed by atoms with Gasteiger partial charge in [-0.2, -0.15) is 0 Å². The Bertz CT molecular complexity index is 899. The van der Waals surface area contributed by atoms with Crippen molar-refractivity contribution in [2.45, 2.75) is 25.3 Å². The van der Waals surface area contributed by atoms with E-state index < -0.39 is 16.6 Å². The molecule has 2 amide bonds. The minimum absolute atomic E-state index is 0.0218. The molecule has 1 fully saturated rings. The first-order chi connectivity index (χ1) is 12.8. The van der Waals surface area contributed by atoms with E-state index in [-0.39, 0.29) is 36.7 Å². The number of hydrogen-bond donors (Lipinski definition) is 2. The second kappa shape index (κ2) is 7.06. The molecular weight excluding hydrogens is 350 g/mol. The molecule has 1 aliphatic rings. The molecule has 1 aliphatic heterocycles. The Balaban J connectivity index is 2.08. The number of nitrogens with zero attached hydrogens (tertiary/aromatic N) is 2. The van der Waals surface area contributed by atoms with Crippen molar-refractivity contribution in [2.24, 2.45) is 0 Å². The number of rotatable bonds is 4. The average molecular weight is 369 g/mol. The summed E-state index contributed by atoms with van der Waals surface area (Å²) in [4.78, 5) is 36.3. The monoisotopic (exact) mass is 369 g/mol. The van der Waals surface area contributed by atoms with Gasteiger partial charge in [-0.3, -0.25) is 14.9 Å². The molecule has 1 unspecified atom stereocenters. The lowest BCUT2D eigenvalue weighted by Crippen LogP contribution is -2.58. The molecule has 140 valence electrons. The Hall–Kier alpha value is -3.42. The Kier molecular flexibility index (Phi) is 4.81. The quantitative estimate of drug-likeness (QED) is 0.635. The number of piperidine rings is 1. The van der Waals surface area contributed by atoms with E-state index >= 15 is 0 Å². The normalized spacial score (nSPS) is 19.6. The maximum atomic E-state index is 12.6. The first-order valence-corrected chi connectivity index (χ1v) is 8.44. The van der Waals surface area contributed by atoms with Crippen LogP contribution in [0, 0.1) is 17.0 Å². The van der Waals surface area contributed by atoms with E-state index in [2.05, 4.69) is 5.32 Å². The first-order valence-electron chi connectivity index (χ1n) is 8.44. The number of nitro groups is 1. The molecule has 0 radical (unpaired) electrons. The molecule has 1 atom stereocenters. The highest BCUT2D eigenvalue weighted by Gasteiger charge is 2.43. The van der Waals surface area contributed by atoms with Crippen LogP contribution in [0.2, 0.25) is 0 Å². The lowest BCUT2D eigenvalue weighted by Gasteiger charge is -2.42. The van der Waals surface area contributed by atoms with E-state index in [1.165, 1.54) is 17.0 Å². The molecule has 0 aromatic heterocycles. The van der Waals surface area contributed by atoms with Gasteiger partial charge in [-0.05, 0) is 30.5 Å². The molecule has 0 bridgehead atoms. The highest BCUT2D eigenvalue weighted by molar-refractivity contribution is 5.97. The zero-order chi connectivity index (χ0) is 19.6. The number of nitrogens with one attached hydrogen (secondary N) is 1. The standard InChI is InChI=1S/C19H19N3O5/c1-13-7-8-15(16(11-13)22(26)27)21-12-19(20-18(24)25,10-9-17(21)23)14-5-3-2-4-6-14/h2-8,11,20H,9-10,12H2,1H3,(H,24,25). The number of nitro benzene ring substituents is 1. The molecule has 3 rings (SSSR count). The summed E-state index contributed by atoms with van der Waals surface area (Å²) >= 11 is 0. The number of carbonyl (C=O) groups excluding carboxylic acids is 1. The fourth-order valence-corrected chi connectivity index (χ4v) is 3.49. The Morgan fingerprint density at radius 2 is 1.96 bits per heavy atom. The van der Waals surface area contributed by atoms with Gasteiger partial charge in [0.15, 0.2) is 0 Å². The minimum Gasteiger partial charge on any atom is -0.465 e. The highest BCUT2D eigenvalue weighted by atomic mass is 16.6. The molecule has 2 aromatic carbocycles. The second-order valence-electron chi connectivity index (χ2n) is 6.61. The number of aryl methyl sites for hydroxylation is 1. The maximum absolute atomic E-state index is 12.6. The van der Waals surface area contributed by atoms with Gasteiger partial charge in [0.05, 0.1) is 17.0 Å². The minimum atomic E-state index is -1.22. The van der Waals surface area contributed by atoms with E-state index in [4.69, 9.17) is 0 Å². The van der Waals surface area contributed by atoms with Crippen molar-refractivity contribution in [3.8, 4) is 0 Å². The topological polar surface area (TPSA) is 113 Å². The third-order valence-corrected chi connectivity index (χ3v) is 4.79. The van der Waals surface area contributed by atoms with Gasteiger partial charge < -0.3 is 15.3 Å². The zero-order valence-electron chi connectivity index (χ0n) is 14.7. The summed E-state index contributed by atoms with van der Waals surface area (Å²) in [5, 5.41) is 23.4. The van der Waals surface area contributed by atoms with Crippen molar-refractivity contribution in [3.63, 3.8) is 0 Å². The number of hydrogen-bond acceptors (Lipinski definition) is 4. The average Bonchev–Trinajstić information content (AvgIpc) is 2.64. The lowest BCUT2D eigenvalue weighted by molar-refractivity contribution is -0.384. The van der Waals surface area contributed by atoms with Crippen LogP contribution in [0.15, 0.2) is 48.5 Å². The highest BCUT2D eigenvalue weighted by Crippen LogP contribution is 2.38. The number of anilines is 1. The summed E-state index contributed by atoms with van der Waals surface area (Å²) in [5.74, 6) is -0.277. The summed E-state index contributed by atoms with van der Waals surface area (Å²) in [6.07, 6.45) is -0.870. The van der Waals surface area contributed by atoms with Gasteiger partial charge in [-0.15, -0.1) is 0 Å². The summed E-state index contributed by atoms with van der Waals surface area (Å²) in [6, 6.07) is 13.6. The van der Waals surface area contributed by atoms with Gasteiger partial charge in [0.25, 0.3) is 5.69 Å².